The van der Waals surface area contributed by atoms with Gasteiger partial charge in [-0.15, -0.1) is 0 Å². The highest BCUT2D eigenvalue weighted by atomic mass is 16.2. The first-order valence-corrected chi connectivity index (χ1v) is 7.16. The second-order valence-corrected chi connectivity index (χ2v) is 4.58. The molecule has 0 heterocycles. The fourth-order valence-electron chi connectivity index (χ4n) is 1.92. The van der Waals surface area contributed by atoms with Crippen LogP contribution in [-0.4, -0.2) is 37.1 Å². The molecule has 0 aliphatic heterocycles. The molecule has 21 heavy (non-hydrogen) atoms. The molecular formula is C15H24N4O2. The van der Waals surface area contributed by atoms with Crippen LogP contribution < -0.4 is 16.0 Å². The van der Waals surface area contributed by atoms with Crippen molar-refractivity contribution in [1.82, 2.24) is 20.9 Å². The van der Waals surface area contributed by atoms with Crippen molar-refractivity contribution in [2.75, 3.05) is 20.1 Å². The van der Waals surface area contributed by atoms with Gasteiger partial charge in [0, 0.05) is 33.2 Å². The number of nitrogens with one attached hydrogen (secondary N) is 3. The van der Waals surface area contributed by atoms with Crippen LogP contribution in [0.5, 0.6) is 0 Å². The van der Waals surface area contributed by atoms with Crippen LogP contribution in [0.15, 0.2) is 24.3 Å². The van der Waals surface area contributed by atoms with Gasteiger partial charge in [-0.1, -0.05) is 24.3 Å². The van der Waals surface area contributed by atoms with Crippen molar-refractivity contribution in [2.24, 2.45) is 0 Å². The van der Waals surface area contributed by atoms with E-state index < -0.39 is 0 Å². The van der Waals surface area contributed by atoms with E-state index in [1.54, 1.807) is 11.9 Å². The number of rotatable bonds is 6. The molecule has 1 aromatic carbocycles. The summed E-state index contributed by atoms with van der Waals surface area (Å²) in [6, 6.07) is 7.50. The number of nitrogens with zero attached hydrogens (tertiary/aromatic N) is 1. The first-order chi connectivity index (χ1) is 10.1. The van der Waals surface area contributed by atoms with Crippen LogP contribution in [-0.2, 0) is 13.1 Å². The Morgan fingerprint density at radius 1 is 1.05 bits per heavy atom. The molecule has 0 aliphatic rings. The van der Waals surface area contributed by atoms with E-state index >= 15 is 0 Å². The van der Waals surface area contributed by atoms with E-state index in [-0.39, 0.29) is 12.1 Å². The average Bonchev–Trinajstić information content (AvgIpc) is 2.52. The SMILES string of the molecule is CCN(CC)C(=O)NCc1cccc(CNC(=O)NC)c1. The van der Waals surface area contributed by atoms with E-state index in [1.165, 1.54) is 0 Å². The van der Waals surface area contributed by atoms with Crippen LogP contribution in [0, 0.1) is 0 Å². The van der Waals surface area contributed by atoms with Gasteiger partial charge in [-0.3, -0.25) is 0 Å². The molecule has 0 atom stereocenters. The Hall–Kier alpha value is -2.24. The standard InChI is InChI=1S/C15H24N4O2/c1-4-19(5-2)15(21)18-11-13-8-6-7-12(9-13)10-17-14(20)16-3/h6-9H,4-5,10-11H2,1-3H3,(H,18,21)(H2,16,17,20). The van der Waals surface area contributed by atoms with Gasteiger partial charge in [0.15, 0.2) is 0 Å². The highest BCUT2D eigenvalue weighted by molar-refractivity contribution is 5.74. The molecule has 0 aliphatic carbocycles. The van der Waals surface area contributed by atoms with Crippen molar-refractivity contribution in [1.29, 1.82) is 0 Å². The highest BCUT2D eigenvalue weighted by Crippen LogP contribution is 2.05. The summed E-state index contributed by atoms with van der Waals surface area (Å²) in [4.78, 5) is 24.7. The van der Waals surface area contributed by atoms with Gasteiger partial charge in [0.2, 0.25) is 0 Å². The Morgan fingerprint density at radius 3 is 2.14 bits per heavy atom. The lowest BCUT2D eigenvalue weighted by Gasteiger charge is -2.19. The number of hydrogen-bond acceptors (Lipinski definition) is 2. The van der Waals surface area contributed by atoms with Gasteiger partial charge in [-0.25, -0.2) is 9.59 Å². The number of carbonyl (C=O) groups is 2. The third-order valence-electron chi connectivity index (χ3n) is 3.17. The Labute approximate surface area is 125 Å². The largest absolute Gasteiger partial charge is 0.341 e. The van der Waals surface area contributed by atoms with Crippen molar-refractivity contribution in [3.63, 3.8) is 0 Å². The maximum atomic E-state index is 11.9. The number of urea groups is 2. The molecule has 0 bridgehead atoms. The summed E-state index contributed by atoms with van der Waals surface area (Å²) in [5.74, 6) is 0. The van der Waals surface area contributed by atoms with Gasteiger partial charge in [-0.2, -0.15) is 0 Å². The first kappa shape index (κ1) is 16.8. The van der Waals surface area contributed by atoms with E-state index in [1.807, 2.05) is 38.1 Å². The van der Waals surface area contributed by atoms with Crippen molar-refractivity contribution >= 4 is 12.1 Å². The molecule has 1 aromatic rings. The Morgan fingerprint density at radius 2 is 1.62 bits per heavy atom. The molecule has 4 amide bonds. The summed E-state index contributed by atoms with van der Waals surface area (Å²) in [5, 5.41) is 8.13. The average molecular weight is 292 g/mol. The second kappa shape index (κ2) is 8.84. The summed E-state index contributed by atoms with van der Waals surface area (Å²) in [6.45, 7) is 6.22. The summed E-state index contributed by atoms with van der Waals surface area (Å²) >= 11 is 0. The van der Waals surface area contributed by atoms with Crippen LogP contribution >= 0.6 is 0 Å². The van der Waals surface area contributed by atoms with Crippen LogP contribution in [0.1, 0.15) is 25.0 Å². The van der Waals surface area contributed by atoms with Crippen molar-refractivity contribution in [3.8, 4) is 0 Å². The predicted octanol–water partition coefficient (Wildman–Crippen LogP) is 1.67. The quantitative estimate of drug-likeness (QED) is 0.746. The minimum absolute atomic E-state index is 0.0612. The minimum Gasteiger partial charge on any atom is -0.341 e. The fourth-order valence-corrected chi connectivity index (χ4v) is 1.92. The van der Waals surface area contributed by atoms with Crippen LogP contribution in [0.25, 0.3) is 0 Å². The van der Waals surface area contributed by atoms with Crippen LogP contribution in [0.2, 0.25) is 0 Å². The Kier molecular flexibility index (Phi) is 7.08. The second-order valence-electron chi connectivity index (χ2n) is 4.58. The van der Waals surface area contributed by atoms with Crippen molar-refractivity contribution < 1.29 is 9.59 Å². The molecule has 0 spiro atoms. The molecule has 0 unspecified atom stereocenters. The molecule has 0 radical (unpaired) electrons. The van der Waals surface area contributed by atoms with Gasteiger partial charge in [0.05, 0.1) is 0 Å². The van der Waals surface area contributed by atoms with Gasteiger partial charge in [0.1, 0.15) is 0 Å². The molecule has 3 N–H and O–H groups in total. The summed E-state index contributed by atoms with van der Waals surface area (Å²) in [6.07, 6.45) is 0. The van der Waals surface area contributed by atoms with Crippen molar-refractivity contribution in [2.45, 2.75) is 26.9 Å². The van der Waals surface area contributed by atoms with E-state index in [2.05, 4.69) is 16.0 Å². The normalized spacial score (nSPS) is 9.86. The van der Waals surface area contributed by atoms with Crippen LogP contribution in [0.4, 0.5) is 9.59 Å². The summed E-state index contributed by atoms with van der Waals surface area (Å²) < 4.78 is 0. The predicted molar refractivity (Wildman–Crippen MR) is 82.9 cm³/mol. The minimum atomic E-state index is -0.213. The maximum absolute atomic E-state index is 11.9. The zero-order valence-electron chi connectivity index (χ0n) is 12.9. The molecule has 0 saturated heterocycles. The summed E-state index contributed by atoms with van der Waals surface area (Å²) in [7, 11) is 1.58. The number of amides is 4. The lowest BCUT2D eigenvalue weighted by atomic mass is 10.1. The van der Waals surface area contributed by atoms with Crippen molar-refractivity contribution in [3.05, 3.63) is 35.4 Å². The highest BCUT2D eigenvalue weighted by Gasteiger charge is 2.08. The Balaban J connectivity index is 2.52. The summed E-state index contributed by atoms with van der Waals surface area (Å²) in [5.41, 5.74) is 2.00. The topological polar surface area (TPSA) is 73.5 Å². The molecular weight excluding hydrogens is 268 g/mol. The molecule has 0 fully saturated rings. The smallest absolute Gasteiger partial charge is 0.317 e. The number of benzene rings is 1. The zero-order valence-corrected chi connectivity index (χ0v) is 12.9. The lowest BCUT2D eigenvalue weighted by Crippen LogP contribution is -2.39. The molecule has 0 aromatic heterocycles. The Bertz CT molecular complexity index is 472. The van der Waals surface area contributed by atoms with Gasteiger partial charge < -0.3 is 20.9 Å². The van der Waals surface area contributed by atoms with E-state index in [4.69, 9.17) is 0 Å². The van der Waals surface area contributed by atoms with Crippen LogP contribution in [0.3, 0.4) is 0 Å². The number of hydrogen-bond donors (Lipinski definition) is 3. The van der Waals surface area contributed by atoms with E-state index in [0.29, 0.717) is 26.2 Å². The molecule has 6 nitrogen and oxygen atoms in total. The zero-order chi connectivity index (χ0) is 15.7. The van der Waals surface area contributed by atoms with Gasteiger partial charge in [-0.05, 0) is 25.0 Å². The number of carbonyl (C=O) groups excluding carboxylic acids is 2. The van der Waals surface area contributed by atoms with E-state index in [0.717, 1.165) is 11.1 Å². The molecule has 116 valence electrons. The monoisotopic (exact) mass is 292 g/mol. The van der Waals surface area contributed by atoms with Gasteiger partial charge in [0.25, 0.3) is 0 Å². The third-order valence-corrected chi connectivity index (χ3v) is 3.17. The fraction of sp³-hybridized carbons (Fsp3) is 0.467. The third kappa shape index (κ3) is 5.72. The first-order valence-electron chi connectivity index (χ1n) is 7.16. The molecule has 1 rings (SSSR count). The maximum Gasteiger partial charge on any atom is 0.317 e. The lowest BCUT2D eigenvalue weighted by molar-refractivity contribution is 0.203. The van der Waals surface area contributed by atoms with E-state index in [9.17, 15) is 9.59 Å². The molecule has 0 saturated carbocycles. The molecule has 6 heteroatoms. The van der Waals surface area contributed by atoms with Gasteiger partial charge >= 0.3 is 12.1 Å².